The molecule has 0 bridgehead atoms. The Bertz CT molecular complexity index is 541. The Morgan fingerprint density at radius 1 is 1.35 bits per heavy atom. The lowest BCUT2D eigenvalue weighted by Gasteiger charge is -2.22. The largest absolute Gasteiger partial charge is 0.384 e. The Hall–Kier alpha value is -1.92. The number of carbonyl (C=O) groups excluding carboxylic acids is 1. The first-order chi connectivity index (χ1) is 9.58. The van der Waals surface area contributed by atoms with E-state index in [1.165, 1.54) is 11.3 Å². The molecule has 106 valence electrons. The molecule has 0 fully saturated rings. The van der Waals surface area contributed by atoms with Gasteiger partial charge in [-0.15, -0.1) is 0 Å². The SMILES string of the molecule is CC(O)(CNC(=O)NCc1ccncc1)c1ccsc1. The Morgan fingerprint density at radius 2 is 2.10 bits per heavy atom. The fraction of sp³-hybridized carbons (Fsp3) is 0.286. The number of hydrogen-bond acceptors (Lipinski definition) is 4. The van der Waals surface area contributed by atoms with Crippen LogP contribution in [0.15, 0.2) is 41.4 Å². The Labute approximate surface area is 121 Å². The summed E-state index contributed by atoms with van der Waals surface area (Å²) in [5, 5.41) is 19.4. The molecule has 0 aliphatic rings. The predicted molar refractivity (Wildman–Crippen MR) is 78.4 cm³/mol. The standard InChI is InChI=1S/C14H17N3O2S/c1-14(19,12-4-7-20-9-12)10-17-13(18)16-8-11-2-5-15-6-3-11/h2-7,9,19H,8,10H2,1H3,(H2,16,17,18). The second-order valence-corrected chi connectivity index (χ2v) is 5.46. The normalized spacial score (nSPS) is 13.5. The molecule has 0 spiro atoms. The number of hydrogen-bond donors (Lipinski definition) is 3. The van der Waals surface area contributed by atoms with Crippen molar-refractivity contribution in [3.63, 3.8) is 0 Å². The number of carbonyl (C=O) groups is 1. The first-order valence-corrected chi connectivity index (χ1v) is 7.18. The molecule has 2 heterocycles. The molecule has 20 heavy (non-hydrogen) atoms. The zero-order valence-corrected chi connectivity index (χ0v) is 12.0. The molecule has 0 saturated carbocycles. The van der Waals surface area contributed by atoms with Gasteiger partial charge in [0.25, 0.3) is 0 Å². The van der Waals surface area contributed by atoms with Crippen molar-refractivity contribution in [2.24, 2.45) is 0 Å². The molecule has 2 rings (SSSR count). The topological polar surface area (TPSA) is 74.2 Å². The number of aliphatic hydroxyl groups is 1. The van der Waals surface area contributed by atoms with E-state index in [4.69, 9.17) is 0 Å². The number of nitrogens with zero attached hydrogens (tertiary/aromatic N) is 1. The third-order valence-electron chi connectivity index (χ3n) is 2.94. The highest BCUT2D eigenvalue weighted by atomic mass is 32.1. The van der Waals surface area contributed by atoms with Crippen LogP contribution in [0.25, 0.3) is 0 Å². The molecule has 2 aromatic heterocycles. The third-order valence-corrected chi connectivity index (χ3v) is 3.62. The highest BCUT2D eigenvalue weighted by Gasteiger charge is 2.23. The number of aromatic nitrogens is 1. The van der Waals surface area contributed by atoms with E-state index in [0.29, 0.717) is 6.54 Å². The Kier molecular flexibility index (Phi) is 4.70. The number of nitrogens with one attached hydrogen (secondary N) is 2. The van der Waals surface area contributed by atoms with E-state index in [0.717, 1.165) is 11.1 Å². The number of amides is 2. The average Bonchev–Trinajstić information content (AvgIpc) is 2.99. The molecule has 1 atom stereocenters. The van der Waals surface area contributed by atoms with Gasteiger partial charge >= 0.3 is 6.03 Å². The summed E-state index contributed by atoms with van der Waals surface area (Å²) < 4.78 is 0. The number of urea groups is 1. The van der Waals surface area contributed by atoms with Crippen LogP contribution >= 0.6 is 11.3 Å². The third kappa shape index (κ3) is 4.04. The molecule has 0 aromatic carbocycles. The van der Waals surface area contributed by atoms with Gasteiger partial charge in [0.1, 0.15) is 5.60 Å². The lowest BCUT2D eigenvalue weighted by molar-refractivity contribution is 0.0598. The van der Waals surface area contributed by atoms with E-state index in [9.17, 15) is 9.90 Å². The fourth-order valence-corrected chi connectivity index (χ4v) is 2.45. The maximum absolute atomic E-state index is 11.7. The minimum atomic E-state index is -1.06. The van der Waals surface area contributed by atoms with Crippen LogP contribution in [0.1, 0.15) is 18.1 Å². The molecular formula is C14H17N3O2S. The molecular weight excluding hydrogens is 274 g/mol. The van der Waals surface area contributed by atoms with Crippen molar-refractivity contribution in [2.45, 2.75) is 19.1 Å². The maximum Gasteiger partial charge on any atom is 0.315 e. The van der Waals surface area contributed by atoms with Gasteiger partial charge in [-0.2, -0.15) is 11.3 Å². The van der Waals surface area contributed by atoms with Crippen molar-refractivity contribution in [1.82, 2.24) is 15.6 Å². The van der Waals surface area contributed by atoms with Crippen molar-refractivity contribution in [2.75, 3.05) is 6.54 Å². The lowest BCUT2D eigenvalue weighted by atomic mass is 9.99. The average molecular weight is 291 g/mol. The minimum absolute atomic E-state index is 0.159. The summed E-state index contributed by atoms with van der Waals surface area (Å²) in [6.45, 7) is 2.26. The van der Waals surface area contributed by atoms with Crippen LogP contribution in [0.4, 0.5) is 4.79 Å². The van der Waals surface area contributed by atoms with Crippen LogP contribution in [0, 0.1) is 0 Å². The summed E-state index contributed by atoms with van der Waals surface area (Å²) in [5.74, 6) is 0. The molecule has 0 aliphatic carbocycles. The van der Waals surface area contributed by atoms with Gasteiger partial charge in [-0.05, 0) is 47.0 Å². The molecule has 2 amide bonds. The molecule has 1 unspecified atom stereocenters. The van der Waals surface area contributed by atoms with Crippen molar-refractivity contribution in [3.05, 3.63) is 52.5 Å². The first kappa shape index (κ1) is 14.5. The van der Waals surface area contributed by atoms with Gasteiger partial charge in [0.2, 0.25) is 0 Å². The van der Waals surface area contributed by atoms with Crippen LogP contribution in [0.5, 0.6) is 0 Å². The van der Waals surface area contributed by atoms with Gasteiger partial charge in [-0.3, -0.25) is 4.98 Å². The molecule has 0 saturated heterocycles. The maximum atomic E-state index is 11.7. The summed E-state index contributed by atoms with van der Waals surface area (Å²) in [6.07, 6.45) is 3.35. The van der Waals surface area contributed by atoms with Crippen molar-refractivity contribution < 1.29 is 9.90 Å². The number of rotatable bonds is 5. The summed E-state index contributed by atoms with van der Waals surface area (Å²) >= 11 is 1.51. The predicted octanol–water partition coefficient (Wildman–Crippen LogP) is 1.85. The second-order valence-electron chi connectivity index (χ2n) is 4.68. The van der Waals surface area contributed by atoms with Crippen LogP contribution < -0.4 is 10.6 Å². The Morgan fingerprint density at radius 3 is 2.75 bits per heavy atom. The van der Waals surface area contributed by atoms with Crippen molar-refractivity contribution >= 4 is 17.4 Å². The van der Waals surface area contributed by atoms with Gasteiger partial charge in [0.15, 0.2) is 0 Å². The second kappa shape index (κ2) is 6.49. The van der Waals surface area contributed by atoms with Gasteiger partial charge in [-0.25, -0.2) is 4.79 Å². The van der Waals surface area contributed by atoms with Gasteiger partial charge in [0.05, 0.1) is 6.54 Å². The van der Waals surface area contributed by atoms with Gasteiger partial charge < -0.3 is 15.7 Å². The summed E-state index contributed by atoms with van der Waals surface area (Å²) in [4.78, 5) is 15.6. The quantitative estimate of drug-likeness (QED) is 0.787. The van der Waals surface area contributed by atoms with Crippen LogP contribution in [0.3, 0.4) is 0 Å². The minimum Gasteiger partial charge on any atom is -0.384 e. The van der Waals surface area contributed by atoms with E-state index < -0.39 is 5.60 Å². The fourth-order valence-electron chi connectivity index (χ4n) is 1.67. The smallest absolute Gasteiger partial charge is 0.315 e. The summed E-state index contributed by atoms with van der Waals surface area (Å²) in [6, 6.07) is 5.21. The zero-order chi connectivity index (χ0) is 14.4. The monoisotopic (exact) mass is 291 g/mol. The summed E-state index contributed by atoms with van der Waals surface area (Å²) in [5.41, 5.74) is 0.713. The Balaban J connectivity index is 1.78. The highest BCUT2D eigenvalue weighted by Crippen LogP contribution is 2.21. The number of pyridine rings is 1. The molecule has 0 aliphatic heterocycles. The van der Waals surface area contributed by atoms with Crippen LogP contribution in [-0.4, -0.2) is 22.7 Å². The number of thiophene rings is 1. The highest BCUT2D eigenvalue weighted by molar-refractivity contribution is 7.08. The lowest BCUT2D eigenvalue weighted by Crippen LogP contribution is -2.43. The van der Waals surface area contributed by atoms with Crippen molar-refractivity contribution in [3.8, 4) is 0 Å². The summed E-state index contributed by atoms with van der Waals surface area (Å²) in [7, 11) is 0. The van der Waals surface area contributed by atoms with Crippen LogP contribution in [-0.2, 0) is 12.1 Å². The van der Waals surface area contributed by atoms with E-state index in [1.54, 1.807) is 19.3 Å². The first-order valence-electron chi connectivity index (χ1n) is 6.23. The molecule has 3 N–H and O–H groups in total. The van der Waals surface area contributed by atoms with E-state index >= 15 is 0 Å². The van der Waals surface area contributed by atoms with E-state index in [2.05, 4.69) is 15.6 Å². The molecule has 0 radical (unpaired) electrons. The molecule has 5 nitrogen and oxygen atoms in total. The van der Waals surface area contributed by atoms with E-state index in [-0.39, 0.29) is 12.6 Å². The van der Waals surface area contributed by atoms with Crippen molar-refractivity contribution in [1.29, 1.82) is 0 Å². The van der Waals surface area contributed by atoms with Gasteiger partial charge in [-0.1, -0.05) is 0 Å². The molecule has 6 heteroatoms. The van der Waals surface area contributed by atoms with Gasteiger partial charge in [0, 0.05) is 18.9 Å². The zero-order valence-electron chi connectivity index (χ0n) is 11.2. The molecule has 2 aromatic rings. The van der Waals surface area contributed by atoms with E-state index in [1.807, 2.05) is 29.0 Å². The van der Waals surface area contributed by atoms with Crippen LogP contribution in [0.2, 0.25) is 0 Å².